The third-order valence-electron chi connectivity index (χ3n) is 3.05. The first-order valence-corrected chi connectivity index (χ1v) is 5.15. The maximum Gasteiger partial charge on any atom is 0.194 e. The fourth-order valence-corrected chi connectivity index (χ4v) is 2.31. The van der Waals surface area contributed by atoms with Crippen LogP contribution in [0.5, 0.6) is 0 Å². The number of fused-ring (bicyclic) bond motifs is 3. The summed E-state index contributed by atoms with van der Waals surface area (Å²) in [6.45, 7) is 7.83. The van der Waals surface area contributed by atoms with E-state index in [0.29, 0.717) is 0 Å². The van der Waals surface area contributed by atoms with Gasteiger partial charge in [0, 0.05) is 11.1 Å². The van der Waals surface area contributed by atoms with Crippen molar-refractivity contribution in [2.45, 2.75) is 0 Å². The first kappa shape index (κ1) is 9.34. The molecule has 76 valence electrons. The lowest BCUT2D eigenvalue weighted by molar-refractivity contribution is 0.104. The standard InChI is InChI=1S/C15H10O/c1-9-5-3-7-11-12-8-4-6-10(2)14(12)15(16)13(9)11/h3-8H,1-2H2. The minimum atomic E-state index is 0.0567. The molecule has 0 bridgehead atoms. The molecular weight excluding hydrogens is 196 g/mol. The van der Waals surface area contributed by atoms with Crippen molar-refractivity contribution >= 4 is 5.78 Å². The fraction of sp³-hybridized carbons (Fsp3) is 0. The Kier molecular flexibility index (Phi) is 1.78. The fourth-order valence-electron chi connectivity index (χ4n) is 2.31. The number of carbonyl (C=O) groups is 1. The molecule has 0 aromatic heterocycles. The third kappa shape index (κ3) is 1.03. The predicted molar refractivity (Wildman–Crippen MR) is 64.2 cm³/mol. The highest BCUT2D eigenvalue weighted by Gasteiger charge is 2.28. The monoisotopic (exact) mass is 206 g/mol. The Balaban J connectivity index is 2.44. The van der Waals surface area contributed by atoms with Gasteiger partial charge < -0.3 is 0 Å². The van der Waals surface area contributed by atoms with Gasteiger partial charge in [0.15, 0.2) is 5.78 Å². The summed E-state index contributed by atoms with van der Waals surface area (Å²) in [4.78, 5) is 12.2. The van der Waals surface area contributed by atoms with Crippen LogP contribution in [0, 0.1) is 13.8 Å². The first-order valence-electron chi connectivity index (χ1n) is 5.15. The second-order valence-corrected chi connectivity index (χ2v) is 4.01. The van der Waals surface area contributed by atoms with Crippen LogP contribution in [0.25, 0.3) is 11.1 Å². The molecule has 0 N–H and O–H groups in total. The van der Waals surface area contributed by atoms with Crippen LogP contribution in [0.2, 0.25) is 0 Å². The lowest BCUT2D eigenvalue weighted by atomic mass is 10.0. The van der Waals surface area contributed by atoms with Gasteiger partial charge in [0.05, 0.1) is 0 Å². The summed E-state index contributed by atoms with van der Waals surface area (Å²) in [6, 6.07) is 11.5. The van der Waals surface area contributed by atoms with Gasteiger partial charge in [-0.15, -0.1) is 0 Å². The van der Waals surface area contributed by atoms with Crippen molar-refractivity contribution in [1.82, 2.24) is 0 Å². The zero-order valence-electron chi connectivity index (χ0n) is 8.79. The Hall–Kier alpha value is -1.89. The third-order valence-corrected chi connectivity index (χ3v) is 3.05. The molecule has 0 atom stereocenters. The largest absolute Gasteiger partial charge is 0.289 e. The highest BCUT2D eigenvalue weighted by molar-refractivity contribution is 6.23. The summed E-state index contributed by atoms with van der Waals surface area (Å²) >= 11 is 0. The molecule has 1 aliphatic rings. The van der Waals surface area contributed by atoms with Crippen LogP contribution in [0.3, 0.4) is 0 Å². The van der Waals surface area contributed by atoms with Gasteiger partial charge in [-0.2, -0.15) is 0 Å². The molecule has 2 aromatic carbocycles. The van der Waals surface area contributed by atoms with Crippen LogP contribution in [0.15, 0.2) is 36.4 Å². The first-order chi connectivity index (χ1) is 7.70. The normalized spacial score (nSPS) is 12.5. The van der Waals surface area contributed by atoms with E-state index in [1.165, 1.54) is 0 Å². The van der Waals surface area contributed by atoms with Gasteiger partial charge in [-0.3, -0.25) is 4.79 Å². The van der Waals surface area contributed by atoms with Gasteiger partial charge in [-0.1, -0.05) is 36.4 Å². The van der Waals surface area contributed by atoms with Crippen LogP contribution in [0.4, 0.5) is 0 Å². The minimum absolute atomic E-state index is 0.0567. The smallest absolute Gasteiger partial charge is 0.194 e. The van der Waals surface area contributed by atoms with Crippen LogP contribution < -0.4 is 0 Å². The number of hydrogen-bond acceptors (Lipinski definition) is 1. The highest BCUT2D eigenvalue weighted by atomic mass is 16.1. The Labute approximate surface area is 94.7 Å². The van der Waals surface area contributed by atoms with E-state index in [1.54, 1.807) is 0 Å². The van der Waals surface area contributed by atoms with E-state index >= 15 is 0 Å². The van der Waals surface area contributed by atoms with Crippen molar-refractivity contribution in [3.63, 3.8) is 0 Å². The second-order valence-electron chi connectivity index (χ2n) is 4.01. The lowest BCUT2D eigenvalue weighted by Gasteiger charge is -2.01. The molecule has 16 heavy (non-hydrogen) atoms. The zero-order valence-corrected chi connectivity index (χ0v) is 8.79. The van der Waals surface area contributed by atoms with Gasteiger partial charge in [0.1, 0.15) is 0 Å². The topological polar surface area (TPSA) is 17.1 Å². The van der Waals surface area contributed by atoms with E-state index in [-0.39, 0.29) is 5.78 Å². The second kappa shape index (κ2) is 3.05. The SMILES string of the molecule is [CH2]c1cccc2c1C(=O)c1c([CH2])cccc1-2. The summed E-state index contributed by atoms with van der Waals surface area (Å²) < 4.78 is 0. The van der Waals surface area contributed by atoms with Crippen LogP contribution in [0.1, 0.15) is 27.0 Å². The molecule has 0 aliphatic heterocycles. The van der Waals surface area contributed by atoms with E-state index in [4.69, 9.17) is 0 Å². The van der Waals surface area contributed by atoms with Crippen LogP contribution >= 0.6 is 0 Å². The maximum absolute atomic E-state index is 12.2. The maximum atomic E-state index is 12.2. The summed E-state index contributed by atoms with van der Waals surface area (Å²) in [6.07, 6.45) is 0. The van der Waals surface area contributed by atoms with Crippen molar-refractivity contribution in [3.05, 3.63) is 72.5 Å². The van der Waals surface area contributed by atoms with Crippen molar-refractivity contribution in [3.8, 4) is 11.1 Å². The number of hydrogen-bond donors (Lipinski definition) is 0. The summed E-state index contributed by atoms with van der Waals surface area (Å²) in [5.74, 6) is 0.0567. The number of rotatable bonds is 0. The van der Waals surface area contributed by atoms with E-state index in [1.807, 2.05) is 36.4 Å². The van der Waals surface area contributed by atoms with Gasteiger partial charge in [0.25, 0.3) is 0 Å². The molecule has 0 fully saturated rings. The van der Waals surface area contributed by atoms with E-state index in [2.05, 4.69) is 13.8 Å². The molecule has 0 heterocycles. The number of carbonyl (C=O) groups excluding carboxylic acids is 1. The minimum Gasteiger partial charge on any atom is -0.289 e. The zero-order chi connectivity index (χ0) is 11.3. The molecular formula is C15H10O. The molecule has 2 aromatic rings. The highest BCUT2D eigenvalue weighted by Crippen LogP contribution is 2.39. The molecule has 0 spiro atoms. The van der Waals surface area contributed by atoms with E-state index in [9.17, 15) is 4.79 Å². The number of ketones is 1. The molecule has 1 aliphatic carbocycles. The van der Waals surface area contributed by atoms with Crippen molar-refractivity contribution < 1.29 is 4.79 Å². The Morgan fingerprint density at radius 1 is 0.750 bits per heavy atom. The molecule has 1 heteroatoms. The summed E-state index contributed by atoms with van der Waals surface area (Å²) in [5.41, 5.74) is 5.01. The average molecular weight is 206 g/mol. The van der Waals surface area contributed by atoms with Gasteiger partial charge in [-0.05, 0) is 36.1 Å². The van der Waals surface area contributed by atoms with Crippen molar-refractivity contribution in [1.29, 1.82) is 0 Å². The molecule has 0 amide bonds. The van der Waals surface area contributed by atoms with Crippen molar-refractivity contribution in [2.75, 3.05) is 0 Å². The van der Waals surface area contributed by atoms with Crippen LogP contribution in [-0.2, 0) is 0 Å². The van der Waals surface area contributed by atoms with Crippen LogP contribution in [-0.4, -0.2) is 5.78 Å². The van der Waals surface area contributed by atoms with Gasteiger partial charge >= 0.3 is 0 Å². The summed E-state index contributed by atoms with van der Waals surface area (Å²) in [7, 11) is 0. The summed E-state index contributed by atoms with van der Waals surface area (Å²) in [5, 5.41) is 0. The average Bonchev–Trinajstić information content (AvgIpc) is 2.56. The van der Waals surface area contributed by atoms with E-state index in [0.717, 1.165) is 33.4 Å². The van der Waals surface area contributed by atoms with Gasteiger partial charge in [0.2, 0.25) is 0 Å². The molecule has 0 saturated heterocycles. The van der Waals surface area contributed by atoms with E-state index < -0.39 is 0 Å². The lowest BCUT2D eigenvalue weighted by Crippen LogP contribution is -1.99. The van der Waals surface area contributed by atoms with Gasteiger partial charge in [-0.25, -0.2) is 0 Å². The quantitative estimate of drug-likeness (QED) is 0.551. The van der Waals surface area contributed by atoms with Crippen molar-refractivity contribution in [2.24, 2.45) is 0 Å². The molecule has 2 radical (unpaired) electrons. The Morgan fingerprint density at radius 3 is 1.62 bits per heavy atom. The molecule has 1 nitrogen and oxygen atoms in total. The molecule has 0 unspecified atom stereocenters. The molecule has 0 saturated carbocycles. The Morgan fingerprint density at radius 2 is 1.19 bits per heavy atom. The Bertz CT molecular complexity index is 555. The number of benzene rings is 2. The molecule has 3 rings (SSSR count). The predicted octanol–water partition coefficient (Wildman–Crippen LogP) is 3.26.